The molecule has 1 aromatic rings. The molecule has 0 aromatic heterocycles. The van der Waals surface area contributed by atoms with E-state index in [1.165, 1.54) is 24.3 Å². The first-order valence-electron chi connectivity index (χ1n) is 7.33. The number of carbonyl (C=O) groups excluding carboxylic acids is 1. The molecule has 10 heteroatoms. The van der Waals surface area contributed by atoms with Gasteiger partial charge in [-0.05, 0) is 17.7 Å². The number of amides is 1. The number of carbonyl (C=O) groups is 1. The van der Waals surface area contributed by atoms with Crippen LogP contribution in [0.1, 0.15) is 19.4 Å². The smallest absolute Gasteiger partial charge is 0.406 e. The Hall–Kier alpha value is -1.72. The molecule has 6 nitrogen and oxygen atoms in total. The predicted octanol–water partition coefficient (Wildman–Crippen LogP) is 2.38. The molecular weight excluding hydrogens is 452 g/mol. The molecule has 0 aliphatic carbocycles. The Balaban J connectivity index is 0.00000576. The summed E-state index contributed by atoms with van der Waals surface area (Å²) in [6, 6.07) is 5.37. The maximum absolute atomic E-state index is 12.0. The lowest BCUT2D eigenvalue weighted by atomic mass is 10.2. The fourth-order valence-electron chi connectivity index (χ4n) is 1.61. The molecule has 0 atom stereocenters. The van der Waals surface area contributed by atoms with E-state index in [1.54, 1.807) is 13.8 Å². The number of halogens is 4. The standard InChI is InChI=1S/C15H21F3N4O2.HI/c1-10(2)13(23)20-7-8-21-14(19)22-9-11-3-5-12(6-4-11)24-15(16,17)18;/h3-6,10H,7-9H2,1-2H3,(H,20,23)(H3,19,21,22);1H. The molecule has 1 amide bonds. The van der Waals surface area contributed by atoms with Gasteiger partial charge in [-0.15, -0.1) is 37.1 Å². The molecule has 0 fully saturated rings. The second-order valence-electron chi connectivity index (χ2n) is 5.27. The number of rotatable bonds is 7. The molecule has 25 heavy (non-hydrogen) atoms. The normalized spacial score (nSPS) is 11.7. The minimum Gasteiger partial charge on any atom is -0.406 e. The van der Waals surface area contributed by atoms with E-state index in [0.29, 0.717) is 18.7 Å². The fourth-order valence-corrected chi connectivity index (χ4v) is 1.61. The van der Waals surface area contributed by atoms with Crippen LogP contribution in [0.4, 0.5) is 13.2 Å². The fraction of sp³-hybridized carbons (Fsp3) is 0.467. The van der Waals surface area contributed by atoms with E-state index < -0.39 is 6.36 Å². The van der Waals surface area contributed by atoms with Crippen molar-refractivity contribution >= 4 is 35.8 Å². The van der Waals surface area contributed by atoms with E-state index in [-0.39, 0.29) is 54.1 Å². The van der Waals surface area contributed by atoms with Crippen molar-refractivity contribution in [3.05, 3.63) is 29.8 Å². The van der Waals surface area contributed by atoms with Gasteiger partial charge >= 0.3 is 6.36 Å². The predicted molar refractivity (Wildman–Crippen MR) is 99.7 cm³/mol. The number of benzene rings is 1. The van der Waals surface area contributed by atoms with Crippen molar-refractivity contribution in [2.75, 3.05) is 13.1 Å². The average Bonchev–Trinajstić information content (AvgIpc) is 2.49. The minimum atomic E-state index is -4.71. The third-order valence-corrected chi connectivity index (χ3v) is 2.84. The highest BCUT2D eigenvalue weighted by atomic mass is 127. The molecule has 1 aromatic carbocycles. The lowest BCUT2D eigenvalue weighted by Gasteiger charge is -2.10. The van der Waals surface area contributed by atoms with E-state index in [2.05, 4.69) is 20.4 Å². The number of nitrogens with zero attached hydrogens (tertiary/aromatic N) is 1. The molecular formula is C15H22F3IN4O2. The lowest BCUT2D eigenvalue weighted by Crippen LogP contribution is -2.39. The Morgan fingerprint density at radius 2 is 1.76 bits per heavy atom. The van der Waals surface area contributed by atoms with Crippen molar-refractivity contribution in [1.29, 1.82) is 0 Å². The Bertz CT molecular complexity index is 563. The van der Waals surface area contributed by atoms with Gasteiger partial charge in [0.15, 0.2) is 5.96 Å². The molecule has 142 valence electrons. The monoisotopic (exact) mass is 474 g/mol. The summed E-state index contributed by atoms with van der Waals surface area (Å²) in [6.45, 7) is 4.64. The van der Waals surface area contributed by atoms with Crippen LogP contribution in [0.3, 0.4) is 0 Å². The Kier molecular flexibility index (Phi) is 10.2. The Labute approximate surface area is 161 Å². The molecule has 4 N–H and O–H groups in total. The topological polar surface area (TPSA) is 88.7 Å². The number of hydrogen-bond acceptors (Lipinski definition) is 3. The largest absolute Gasteiger partial charge is 0.573 e. The summed E-state index contributed by atoms with van der Waals surface area (Å²) >= 11 is 0. The highest BCUT2D eigenvalue weighted by Gasteiger charge is 2.30. The van der Waals surface area contributed by atoms with Crippen LogP contribution in [0, 0.1) is 5.92 Å². The molecule has 0 saturated heterocycles. The van der Waals surface area contributed by atoms with Gasteiger partial charge in [0.2, 0.25) is 5.91 Å². The average molecular weight is 474 g/mol. The number of guanidine groups is 1. The van der Waals surface area contributed by atoms with Crippen LogP contribution in [-0.4, -0.2) is 31.3 Å². The van der Waals surface area contributed by atoms with Crippen molar-refractivity contribution in [2.24, 2.45) is 16.6 Å². The molecule has 0 saturated carbocycles. The second-order valence-corrected chi connectivity index (χ2v) is 5.27. The van der Waals surface area contributed by atoms with Gasteiger partial charge in [-0.3, -0.25) is 4.79 Å². The zero-order valence-corrected chi connectivity index (χ0v) is 16.2. The van der Waals surface area contributed by atoms with E-state index in [9.17, 15) is 18.0 Å². The molecule has 0 unspecified atom stereocenters. The molecule has 0 aliphatic heterocycles. The first-order valence-corrected chi connectivity index (χ1v) is 7.33. The first-order chi connectivity index (χ1) is 11.2. The quantitative estimate of drug-likeness (QED) is 0.245. The van der Waals surface area contributed by atoms with Crippen LogP contribution in [0.15, 0.2) is 29.3 Å². The highest BCUT2D eigenvalue weighted by Crippen LogP contribution is 2.22. The third-order valence-electron chi connectivity index (χ3n) is 2.84. The summed E-state index contributed by atoms with van der Waals surface area (Å²) in [4.78, 5) is 15.4. The minimum absolute atomic E-state index is 0. The summed E-state index contributed by atoms with van der Waals surface area (Å²) in [5.74, 6) is -0.236. The van der Waals surface area contributed by atoms with Crippen molar-refractivity contribution in [3.8, 4) is 5.75 Å². The van der Waals surface area contributed by atoms with Crippen LogP contribution in [0.25, 0.3) is 0 Å². The van der Waals surface area contributed by atoms with E-state index >= 15 is 0 Å². The molecule has 0 aliphatic rings. The van der Waals surface area contributed by atoms with Gasteiger partial charge < -0.3 is 21.1 Å². The summed E-state index contributed by atoms with van der Waals surface area (Å²) < 4.78 is 39.9. The van der Waals surface area contributed by atoms with Gasteiger partial charge in [0.1, 0.15) is 5.75 Å². The molecule has 0 radical (unpaired) electrons. The number of nitrogens with two attached hydrogens (primary N) is 1. The molecule has 0 spiro atoms. The molecule has 0 heterocycles. The van der Waals surface area contributed by atoms with Crippen molar-refractivity contribution in [2.45, 2.75) is 26.8 Å². The maximum Gasteiger partial charge on any atom is 0.573 e. The van der Waals surface area contributed by atoms with Crippen molar-refractivity contribution in [1.82, 2.24) is 10.6 Å². The summed E-state index contributed by atoms with van der Waals surface area (Å²) in [5.41, 5.74) is 6.35. The number of ether oxygens (including phenoxy) is 1. The zero-order valence-electron chi connectivity index (χ0n) is 13.9. The van der Waals surface area contributed by atoms with Gasteiger partial charge in [0, 0.05) is 19.0 Å². The van der Waals surface area contributed by atoms with Crippen LogP contribution < -0.4 is 21.1 Å². The van der Waals surface area contributed by atoms with Crippen LogP contribution in [-0.2, 0) is 11.3 Å². The van der Waals surface area contributed by atoms with Crippen LogP contribution >= 0.6 is 24.0 Å². The maximum atomic E-state index is 12.0. The van der Waals surface area contributed by atoms with E-state index in [0.717, 1.165) is 0 Å². The van der Waals surface area contributed by atoms with E-state index in [4.69, 9.17) is 5.73 Å². The third kappa shape index (κ3) is 10.7. The summed E-state index contributed by atoms with van der Waals surface area (Å²) in [7, 11) is 0. The van der Waals surface area contributed by atoms with Gasteiger partial charge in [0.25, 0.3) is 0 Å². The Morgan fingerprint density at radius 3 is 2.28 bits per heavy atom. The Morgan fingerprint density at radius 1 is 1.20 bits per heavy atom. The molecule has 0 bridgehead atoms. The van der Waals surface area contributed by atoms with Crippen LogP contribution in [0.5, 0.6) is 5.75 Å². The van der Waals surface area contributed by atoms with Gasteiger partial charge in [-0.1, -0.05) is 26.0 Å². The highest BCUT2D eigenvalue weighted by molar-refractivity contribution is 14.0. The van der Waals surface area contributed by atoms with Crippen molar-refractivity contribution in [3.63, 3.8) is 0 Å². The molecule has 1 rings (SSSR count). The first kappa shape index (κ1) is 23.3. The van der Waals surface area contributed by atoms with E-state index in [1.807, 2.05) is 0 Å². The summed E-state index contributed by atoms with van der Waals surface area (Å²) in [6.07, 6.45) is -4.71. The lowest BCUT2D eigenvalue weighted by molar-refractivity contribution is -0.274. The SMILES string of the molecule is CC(C)C(=O)NCCNC(N)=NCc1ccc(OC(F)(F)F)cc1.I. The number of hydrogen-bond donors (Lipinski definition) is 3. The van der Waals surface area contributed by atoms with Gasteiger partial charge in [-0.25, -0.2) is 4.99 Å². The van der Waals surface area contributed by atoms with Gasteiger partial charge in [0.05, 0.1) is 6.54 Å². The zero-order chi connectivity index (χ0) is 18.2. The second kappa shape index (κ2) is 11.0. The number of nitrogens with one attached hydrogen (secondary N) is 2. The number of aliphatic imine (C=N–C) groups is 1. The van der Waals surface area contributed by atoms with Crippen molar-refractivity contribution < 1.29 is 22.7 Å². The van der Waals surface area contributed by atoms with Crippen LogP contribution in [0.2, 0.25) is 0 Å². The summed E-state index contributed by atoms with van der Waals surface area (Å²) in [5, 5.41) is 5.55. The number of alkyl halides is 3. The van der Waals surface area contributed by atoms with Gasteiger partial charge in [-0.2, -0.15) is 0 Å².